The third-order valence-corrected chi connectivity index (χ3v) is 3.63. The molecular weight excluding hydrogens is 238 g/mol. The molecule has 0 amide bonds. The second-order valence-corrected chi connectivity index (χ2v) is 6.55. The van der Waals surface area contributed by atoms with Crippen LogP contribution in [0.1, 0.15) is 25.5 Å². The summed E-state index contributed by atoms with van der Waals surface area (Å²) in [5.41, 5.74) is 0. The highest BCUT2D eigenvalue weighted by Gasteiger charge is 2.12. The number of rotatable bonds is 8. The Hall–Kier alpha value is -0.810. The molecule has 4 nitrogen and oxygen atoms in total. The first-order chi connectivity index (χ1) is 8.01. The number of hydrogen-bond donors (Lipinski definition) is 1. The lowest BCUT2D eigenvalue weighted by molar-refractivity contribution is 0.442. The van der Waals surface area contributed by atoms with E-state index in [1.165, 1.54) is 6.26 Å². The van der Waals surface area contributed by atoms with Crippen molar-refractivity contribution in [2.45, 2.75) is 32.2 Å². The molecule has 17 heavy (non-hydrogen) atoms. The molecule has 0 aliphatic carbocycles. The molecule has 1 unspecified atom stereocenters. The Morgan fingerprint density at radius 1 is 1.41 bits per heavy atom. The smallest absolute Gasteiger partial charge is 0.147 e. The van der Waals surface area contributed by atoms with E-state index in [1.54, 1.807) is 6.26 Å². The van der Waals surface area contributed by atoms with E-state index in [2.05, 4.69) is 5.32 Å². The van der Waals surface area contributed by atoms with E-state index in [0.29, 0.717) is 6.42 Å². The SMILES string of the molecule is CCNC(CCc1ccco1)CCS(C)(=O)=O. The molecule has 0 bridgehead atoms. The van der Waals surface area contributed by atoms with Gasteiger partial charge < -0.3 is 9.73 Å². The highest BCUT2D eigenvalue weighted by molar-refractivity contribution is 7.90. The maximum absolute atomic E-state index is 11.1. The van der Waals surface area contributed by atoms with Crippen LogP contribution in [0.2, 0.25) is 0 Å². The van der Waals surface area contributed by atoms with Crippen molar-refractivity contribution in [3.8, 4) is 0 Å². The summed E-state index contributed by atoms with van der Waals surface area (Å²) < 4.78 is 27.5. The van der Waals surface area contributed by atoms with Crippen LogP contribution in [0.4, 0.5) is 0 Å². The van der Waals surface area contributed by atoms with Gasteiger partial charge in [0.25, 0.3) is 0 Å². The van der Waals surface area contributed by atoms with Gasteiger partial charge in [-0.3, -0.25) is 0 Å². The third kappa shape index (κ3) is 6.48. The van der Waals surface area contributed by atoms with E-state index in [4.69, 9.17) is 4.42 Å². The van der Waals surface area contributed by atoms with Gasteiger partial charge in [-0.15, -0.1) is 0 Å². The molecule has 1 aromatic heterocycles. The number of hydrogen-bond acceptors (Lipinski definition) is 4. The zero-order valence-corrected chi connectivity index (χ0v) is 11.3. The van der Waals surface area contributed by atoms with E-state index in [9.17, 15) is 8.42 Å². The zero-order chi connectivity index (χ0) is 12.7. The van der Waals surface area contributed by atoms with Crippen LogP contribution < -0.4 is 5.32 Å². The summed E-state index contributed by atoms with van der Waals surface area (Å²) >= 11 is 0. The van der Waals surface area contributed by atoms with E-state index >= 15 is 0 Å². The van der Waals surface area contributed by atoms with E-state index in [-0.39, 0.29) is 11.8 Å². The van der Waals surface area contributed by atoms with Crippen molar-refractivity contribution in [2.24, 2.45) is 0 Å². The van der Waals surface area contributed by atoms with Crippen molar-refractivity contribution in [2.75, 3.05) is 18.6 Å². The lowest BCUT2D eigenvalue weighted by Gasteiger charge is -2.16. The van der Waals surface area contributed by atoms with Gasteiger partial charge in [0.1, 0.15) is 15.6 Å². The highest BCUT2D eigenvalue weighted by Crippen LogP contribution is 2.08. The molecule has 0 radical (unpaired) electrons. The van der Waals surface area contributed by atoms with Crippen LogP contribution in [0.5, 0.6) is 0 Å². The summed E-state index contributed by atoms with van der Waals surface area (Å²) in [5.74, 6) is 1.19. The summed E-state index contributed by atoms with van der Waals surface area (Å²) in [5, 5.41) is 3.31. The van der Waals surface area contributed by atoms with Crippen molar-refractivity contribution in [1.82, 2.24) is 5.32 Å². The summed E-state index contributed by atoms with van der Waals surface area (Å²) in [6.07, 6.45) is 5.34. The quantitative estimate of drug-likeness (QED) is 0.771. The highest BCUT2D eigenvalue weighted by atomic mass is 32.2. The Balaban J connectivity index is 2.37. The predicted octanol–water partition coefficient (Wildman–Crippen LogP) is 1.62. The average Bonchev–Trinajstić information content (AvgIpc) is 2.74. The van der Waals surface area contributed by atoms with Crippen LogP contribution in [0, 0.1) is 0 Å². The molecule has 98 valence electrons. The molecule has 0 saturated carbocycles. The van der Waals surface area contributed by atoms with Gasteiger partial charge in [-0.2, -0.15) is 0 Å². The predicted molar refractivity (Wildman–Crippen MR) is 68.8 cm³/mol. The minimum absolute atomic E-state index is 0.236. The molecule has 1 N–H and O–H groups in total. The molecule has 0 spiro atoms. The van der Waals surface area contributed by atoms with Crippen LogP contribution in [-0.2, 0) is 16.3 Å². The maximum Gasteiger partial charge on any atom is 0.147 e. The molecule has 0 aliphatic rings. The van der Waals surface area contributed by atoms with E-state index in [1.807, 2.05) is 19.1 Å². The number of aryl methyl sites for hydroxylation is 1. The Kier molecular flexibility index (Phi) is 5.71. The first-order valence-corrected chi connectivity index (χ1v) is 8.01. The van der Waals surface area contributed by atoms with E-state index in [0.717, 1.165) is 25.1 Å². The fourth-order valence-electron chi connectivity index (χ4n) is 1.76. The Labute approximate surface area is 103 Å². The van der Waals surface area contributed by atoms with Crippen LogP contribution in [0.15, 0.2) is 22.8 Å². The largest absolute Gasteiger partial charge is 0.469 e. The molecular formula is C12H21NO3S. The zero-order valence-electron chi connectivity index (χ0n) is 10.5. The summed E-state index contributed by atoms with van der Waals surface area (Å²) in [4.78, 5) is 0. The van der Waals surface area contributed by atoms with Crippen molar-refractivity contribution in [1.29, 1.82) is 0 Å². The van der Waals surface area contributed by atoms with Gasteiger partial charge in [-0.05, 0) is 31.5 Å². The minimum Gasteiger partial charge on any atom is -0.469 e. The van der Waals surface area contributed by atoms with Crippen LogP contribution in [0.3, 0.4) is 0 Å². The molecule has 1 aromatic rings. The van der Waals surface area contributed by atoms with Crippen LogP contribution >= 0.6 is 0 Å². The molecule has 0 aromatic carbocycles. The lowest BCUT2D eigenvalue weighted by atomic mass is 10.1. The van der Waals surface area contributed by atoms with Crippen molar-refractivity contribution < 1.29 is 12.8 Å². The number of sulfone groups is 1. The molecule has 1 heterocycles. The van der Waals surface area contributed by atoms with E-state index < -0.39 is 9.84 Å². The third-order valence-electron chi connectivity index (χ3n) is 2.65. The molecule has 0 aliphatic heterocycles. The van der Waals surface area contributed by atoms with Crippen molar-refractivity contribution in [3.63, 3.8) is 0 Å². The Bertz CT molecular complexity index is 397. The summed E-state index contributed by atoms with van der Waals surface area (Å²) in [6, 6.07) is 4.05. The summed E-state index contributed by atoms with van der Waals surface area (Å²) in [6.45, 7) is 2.88. The lowest BCUT2D eigenvalue weighted by Crippen LogP contribution is -2.31. The maximum atomic E-state index is 11.1. The first kappa shape index (κ1) is 14.3. The average molecular weight is 259 g/mol. The number of furan rings is 1. The fourth-order valence-corrected chi connectivity index (χ4v) is 2.48. The van der Waals surface area contributed by atoms with Gasteiger partial charge in [0.05, 0.1) is 12.0 Å². The van der Waals surface area contributed by atoms with Gasteiger partial charge in [0.2, 0.25) is 0 Å². The molecule has 1 rings (SSSR count). The standard InChI is InChI=1S/C12H21NO3S/c1-3-13-11(8-10-17(2,14)15)6-7-12-5-4-9-16-12/h4-5,9,11,13H,3,6-8,10H2,1-2H3. The Morgan fingerprint density at radius 2 is 2.18 bits per heavy atom. The van der Waals surface area contributed by atoms with Gasteiger partial charge in [-0.25, -0.2) is 8.42 Å². The topological polar surface area (TPSA) is 59.3 Å². The van der Waals surface area contributed by atoms with Gasteiger partial charge in [0.15, 0.2) is 0 Å². The van der Waals surface area contributed by atoms with Gasteiger partial charge >= 0.3 is 0 Å². The van der Waals surface area contributed by atoms with Crippen molar-refractivity contribution in [3.05, 3.63) is 24.2 Å². The monoisotopic (exact) mass is 259 g/mol. The van der Waals surface area contributed by atoms with Crippen LogP contribution in [-0.4, -0.2) is 33.0 Å². The fraction of sp³-hybridized carbons (Fsp3) is 0.667. The second kappa shape index (κ2) is 6.81. The molecule has 0 saturated heterocycles. The molecule has 0 fully saturated rings. The minimum atomic E-state index is -2.87. The second-order valence-electron chi connectivity index (χ2n) is 4.29. The molecule has 5 heteroatoms. The van der Waals surface area contributed by atoms with Crippen LogP contribution in [0.25, 0.3) is 0 Å². The normalized spacial score (nSPS) is 13.8. The van der Waals surface area contributed by atoms with Gasteiger partial charge in [-0.1, -0.05) is 6.92 Å². The molecule has 1 atom stereocenters. The first-order valence-electron chi connectivity index (χ1n) is 5.94. The van der Waals surface area contributed by atoms with Crippen molar-refractivity contribution >= 4 is 9.84 Å². The number of nitrogens with one attached hydrogen (secondary N) is 1. The summed E-state index contributed by atoms with van der Waals surface area (Å²) in [7, 11) is -2.87. The Morgan fingerprint density at radius 3 is 2.71 bits per heavy atom. The van der Waals surface area contributed by atoms with Gasteiger partial charge in [0, 0.05) is 18.7 Å².